The molecule has 1 N–H and O–H groups in total. The van der Waals surface area contributed by atoms with Crippen molar-refractivity contribution in [3.8, 4) is 22.8 Å². The van der Waals surface area contributed by atoms with Crippen molar-refractivity contribution in [2.75, 3.05) is 33.6 Å². The molecule has 1 aromatic heterocycles. The first-order valence-electron chi connectivity index (χ1n) is 9.21. The van der Waals surface area contributed by atoms with Crippen LogP contribution >= 0.6 is 11.3 Å². The van der Waals surface area contributed by atoms with Gasteiger partial charge in [-0.05, 0) is 49.4 Å². The average Bonchev–Trinajstić information content (AvgIpc) is 3.12. The van der Waals surface area contributed by atoms with Crippen LogP contribution in [0.5, 0.6) is 11.5 Å². The maximum Gasteiger partial charge on any atom is 0.257 e. The number of nitrogens with zero attached hydrogens (tertiary/aromatic N) is 2. The zero-order valence-corrected chi connectivity index (χ0v) is 19.4. The summed E-state index contributed by atoms with van der Waals surface area (Å²) in [5.41, 5.74) is 1.84. The van der Waals surface area contributed by atoms with Crippen molar-refractivity contribution >= 4 is 32.4 Å². The van der Waals surface area contributed by atoms with Crippen LogP contribution in [0.2, 0.25) is 0 Å². The summed E-state index contributed by atoms with van der Waals surface area (Å²) in [4.78, 5) is 18.2. The minimum absolute atomic E-state index is 0.0816. The smallest absolute Gasteiger partial charge is 0.257 e. The van der Waals surface area contributed by atoms with Gasteiger partial charge in [-0.2, -0.15) is 0 Å². The molecule has 0 saturated carbocycles. The van der Waals surface area contributed by atoms with E-state index in [1.807, 2.05) is 31.2 Å². The van der Waals surface area contributed by atoms with Crippen LogP contribution in [-0.4, -0.2) is 51.9 Å². The maximum absolute atomic E-state index is 12.8. The summed E-state index contributed by atoms with van der Waals surface area (Å²) in [7, 11) is 2.03. The fraction of sp³-hybridized carbons (Fsp3) is 0.238. The third kappa shape index (κ3) is 4.71. The Kier molecular flexibility index (Phi) is 6.63. The van der Waals surface area contributed by atoms with Crippen molar-refractivity contribution < 1.29 is 22.7 Å². The molecule has 10 heteroatoms. The first-order valence-corrected chi connectivity index (χ1v) is 11.5. The fourth-order valence-corrected chi connectivity index (χ4v) is 4.76. The molecule has 8 nitrogen and oxygen atoms in total. The Balaban J connectivity index is 1.88. The number of carbonyl (C=O) groups excluding carboxylic acids is 1. The summed E-state index contributed by atoms with van der Waals surface area (Å²) in [6.07, 6.45) is 0. The molecule has 0 saturated heterocycles. The molecular weight excluding hydrogens is 438 g/mol. The van der Waals surface area contributed by atoms with E-state index in [1.165, 1.54) is 50.7 Å². The number of benzene rings is 2. The highest BCUT2D eigenvalue weighted by molar-refractivity contribution is 7.89. The van der Waals surface area contributed by atoms with E-state index < -0.39 is 15.9 Å². The van der Waals surface area contributed by atoms with Gasteiger partial charge in [-0.25, -0.2) is 17.7 Å². The van der Waals surface area contributed by atoms with Crippen LogP contribution in [0.1, 0.15) is 15.2 Å². The zero-order chi connectivity index (χ0) is 22.8. The number of anilines is 1. The second kappa shape index (κ2) is 9.04. The van der Waals surface area contributed by atoms with E-state index in [0.29, 0.717) is 5.13 Å². The summed E-state index contributed by atoms with van der Waals surface area (Å²) in [5, 5.41) is 3.17. The second-order valence-electron chi connectivity index (χ2n) is 6.76. The molecule has 0 atom stereocenters. The Bertz CT molecular complexity index is 1200. The molecule has 1 amide bonds. The predicted molar refractivity (Wildman–Crippen MR) is 121 cm³/mol. The van der Waals surface area contributed by atoms with E-state index in [9.17, 15) is 13.2 Å². The number of aromatic nitrogens is 1. The summed E-state index contributed by atoms with van der Waals surface area (Å²) in [5.74, 6) is 0.443. The zero-order valence-electron chi connectivity index (χ0n) is 17.8. The largest absolute Gasteiger partial charge is 0.497 e. The molecule has 3 rings (SSSR count). The van der Waals surface area contributed by atoms with E-state index >= 15 is 0 Å². The van der Waals surface area contributed by atoms with Crippen molar-refractivity contribution in [1.82, 2.24) is 9.29 Å². The minimum atomic E-state index is -3.79. The van der Waals surface area contributed by atoms with Crippen LogP contribution in [0.15, 0.2) is 47.4 Å². The molecule has 164 valence electrons. The van der Waals surface area contributed by atoms with Gasteiger partial charge in [0.2, 0.25) is 10.0 Å². The van der Waals surface area contributed by atoms with E-state index in [2.05, 4.69) is 10.3 Å². The van der Waals surface area contributed by atoms with Crippen molar-refractivity contribution in [3.63, 3.8) is 0 Å². The number of amides is 1. The average molecular weight is 462 g/mol. The Labute approximate surface area is 185 Å². The monoisotopic (exact) mass is 461 g/mol. The van der Waals surface area contributed by atoms with Crippen molar-refractivity contribution in [2.45, 2.75) is 11.8 Å². The lowest BCUT2D eigenvalue weighted by Crippen LogP contribution is -2.23. The number of rotatable bonds is 7. The summed E-state index contributed by atoms with van der Waals surface area (Å²) in [6, 6.07) is 11.7. The van der Waals surface area contributed by atoms with Gasteiger partial charge in [0.25, 0.3) is 5.91 Å². The van der Waals surface area contributed by atoms with E-state index in [0.717, 1.165) is 26.2 Å². The standard InChI is InChI=1S/C21H23N3O5S2/c1-13-19(14-6-9-16(28-4)10-7-14)22-21(30-13)23-20(25)15-8-11-17(29-5)18(12-15)31(26,27)24(2)3/h6-12H,1-5H3,(H,22,23,25). The number of thiazole rings is 1. The Morgan fingerprint density at radius 3 is 2.32 bits per heavy atom. The summed E-state index contributed by atoms with van der Waals surface area (Å²) >= 11 is 1.34. The van der Waals surface area contributed by atoms with E-state index in [1.54, 1.807) is 7.11 Å². The highest BCUT2D eigenvalue weighted by Crippen LogP contribution is 2.32. The molecule has 0 fully saturated rings. The van der Waals surface area contributed by atoms with Crippen molar-refractivity contribution in [2.24, 2.45) is 0 Å². The van der Waals surface area contributed by atoms with Gasteiger partial charge in [0, 0.05) is 30.1 Å². The van der Waals surface area contributed by atoms with Crippen LogP contribution < -0.4 is 14.8 Å². The van der Waals surface area contributed by atoms with Gasteiger partial charge in [0.1, 0.15) is 16.4 Å². The van der Waals surface area contributed by atoms with Gasteiger partial charge in [0.05, 0.1) is 19.9 Å². The highest BCUT2D eigenvalue weighted by atomic mass is 32.2. The molecule has 0 spiro atoms. The van der Waals surface area contributed by atoms with E-state index in [-0.39, 0.29) is 16.2 Å². The molecule has 0 unspecified atom stereocenters. The first kappa shape index (κ1) is 22.7. The van der Waals surface area contributed by atoms with Crippen LogP contribution in [-0.2, 0) is 10.0 Å². The summed E-state index contributed by atoms with van der Waals surface area (Å²) in [6.45, 7) is 1.92. The molecule has 0 aliphatic carbocycles. The van der Waals surface area contributed by atoms with Gasteiger partial charge >= 0.3 is 0 Å². The number of hydrogen-bond acceptors (Lipinski definition) is 7. The van der Waals surface area contributed by atoms with Crippen LogP contribution in [0.4, 0.5) is 5.13 Å². The lowest BCUT2D eigenvalue weighted by molar-refractivity contribution is 0.102. The van der Waals surface area contributed by atoms with E-state index in [4.69, 9.17) is 9.47 Å². The normalized spacial score (nSPS) is 11.4. The number of sulfonamides is 1. The molecule has 31 heavy (non-hydrogen) atoms. The van der Waals surface area contributed by atoms with Gasteiger partial charge in [-0.1, -0.05) is 0 Å². The van der Waals surface area contributed by atoms with Gasteiger partial charge < -0.3 is 9.47 Å². The highest BCUT2D eigenvalue weighted by Gasteiger charge is 2.24. The third-order valence-corrected chi connectivity index (χ3v) is 7.29. The molecule has 2 aromatic carbocycles. The SMILES string of the molecule is COc1ccc(-c2nc(NC(=O)c3ccc(OC)c(S(=O)(=O)N(C)C)c3)sc2C)cc1. The maximum atomic E-state index is 12.8. The first-order chi connectivity index (χ1) is 14.7. The number of carbonyl (C=O) groups is 1. The van der Waals surface area contributed by atoms with Crippen molar-refractivity contribution in [3.05, 3.63) is 52.9 Å². The Morgan fingerprint density at radius 1 is 1.06 bits per heavy atom. The lowest BCUT2D eigenvalue weighted by atomic mass is 10.1. The molecule has 0 radical (unpaired) electrons. The Hall–Kier alpha value is -2.95. The van der Waals surface area contributed by atoms with Gasteiger partial charge in [0.15, 0.2) is 5.13 Å². The van der Waals surface area contributed by atoms with Crippen LogP contribution in [0.25, 0.3) is 11.3 Å². The number of aryl methyl sites for hydroxylation is 1. The fourth-order valence-electron chi connectivity index (χ4n) is 2.85. The predicted octanol–water partition coefficient (Wildman–Crippen LogP) is 3.64. The molecule has 0 bridgehead atoms. The minimum Gasteiger partial charge on any atom is -0.497 e. The number of methoxy groups -OCH3 is 2. The summed E-state index contributed by atoms with van der Waals surface area (Å²) < 4.78 is 36.6. The number of hydrogen-bond donors (Lipinski definition) is 1. The number of nitrogens with one attached hydrogen (secondary N) is 1. The van der Waals surface area contributed by atoms with Crippen LogP contribution in [0, 0.1) is 6.92 Å². The molecule has 3 aromatic rings. The number of ether oxygens (including phenoxy) is 2. The molecule has 1 heterocycles. The topological polar surface area (TPSA) is 97.8 Å². The third-order valence-electron chi connectivity index (χ3n) is 4.56. The van der Waals surface area contributed by atoms with Gasteiger partial charge in [-0.3, -0.25) is 10.1 Å². The molecule has 0 aliphatic heterocycles. The van der Waals surface area contributed by atoms with Crippen molar-refractivity contribution in [1.29, 1.82) is 0 Å². The lowest BCUT2D eigenvalue weighted by Gasteiger charge is -2.15. The van der Waals surface area contributed by atoms with Crippen LogP contribution in [0.3, 0.4) is 0 Å². The quantitative estimate of drug-likeness (QED) is 0.577. The van der Waals surface area contributed by atoms with Gasteiger partial charge in [-0.15, -0.1) is 11.3 Å². The second-order valence-corrected chi connectivity index (χ2v) is 10.1. The molecular formula is C21H23N3O5S2. The Morgan fingerprint density at radius 2 is 1.74 bits per heavy atom. The molecule has 0 aliphatic rings.